The number of methoxy groups -OCH3 is 2. The summed E-state index contributed by atoms with van der Waals surface area (Å²) in [4.78, 5) is 1.22. The van der Waals surface area contributed by atoms with Crippen molar-refractivity contribution in [3.63, 3.8) is 0 Å². The fourth-order valence-electron chi connectivity index (χ4n) is 4.43. The molecule has 0 bridgehead atoms. The average molecular weight is 451 g/mol. The van der Waals surface area contributed by atoms with Gasteiger partial charge in [-0.25, -0.2) is 0 Å². The van der Waals surface area contributed by atoms with Crippen molar-refractivity contribution in [1.82, 2.24) is 0 Å². The first-order valence-corrected chi connectivity index (χ1v) is 11.1. The normalized spacial score (nSPS) is 32.1. The van der Waals surface area contributed by atoms with Crippen molar-refractivity contribution in [3.8, 4) is 11.5 Å². The van der Waals surface area contributed by atoms with Crippen LogP contribution in [0.3, 0.4) is 0 Å². The Hall–Kier alpha value is -2.37. The Morgan fingerprint density at radius 3 is 2.35 bits per heavy atom. The molecule has 10 heteroatoms. The van der Waals surface area contributed by atoms with Crippen LogP contribution in [0.25, 0.3) is 0 Å². The molecule has 0 saturated carbocycles. The van der Waals surface area contributed by atoms with Gasteiger partial charge in [0.1, 0.15) is 11.5 Å². The largest absolute Gasteiger partial charge is 0.459 e. The zero-order valence-corrected chi connectivity index (χ0v) is 18.6. The van der Waals surface area contributed by atoms with Crippen molar-refractivity contribution in [2.45, 2.75) is 43.4 Å². The number of anilines is 1. The molecule has 0 aromatic heterocycles. The van der Waals surface area contributed by atoms with Gasteiger partial charge in [-0.05, 0) is 37.6 Å². The molecular weight excluding hydrogens is 426 g/mol. The molecule has 0 fully saturated rings. The number of para-hydroxylation sites is 1. The Morgan fingerprint density at radius 2 is 1.74 bits per heavy atom. The fraction of sp³-hybridized carbons (Fsp3) is 0.429. The van der Waals surface area contributed by atoms with Gasteiger partial charge in [0.15, 0.2) is 5.60 Å². The van der Waals surface area contributed by atoms with E-state index in [0.717, 1.165) is 5.56 Å². The van der Waals surface area contributed by atoms with E-state index in [1.807, 2.05) is 6.92 Å². The summed E-state index contributed by atoms with van der Waals surface area (Å²) in [6.45, 7) is 4.76. The molecule has 168 valence electrons. The molecule has 0 saturated heterocycles. The van der Waals surface area contributed by atoms with Gasteiger partial charge in [0, 0.05) is 26.7 Å². The minimum Gasteiger partial charge on any atom is -0.459 e. The van der Waals surface area contributed by atoms with Gasteiger partial charge in [-0.15, -0.1) is 0 Å². The lowest BCUT2D eigenvalue weighted by Gasteiger charge is -2.58. The summed E-state index contributed by atoms with van der Waals surface area (Å²) in [6, 6.07) is 11.8. The van der Waals surface area contributed by atoms with Crippen LogP contribution in [-0.2, 0) is 25.3 Å². The van der Waals surface area contributed by atoms with Gasteiger partial charge in [-0.3, -0.25) is 9.45 Å². The summed E-state index contributed by atoms with van der Waals surface area (Å²) in [7, 11) is -2.10. The van der Waals surface area contributed by atoms with Crippen LogP contribution < -0.4 is 14.4 Å². The molecule has 2 aliphatic heterocycles. The molecule has 2 aromatic rings. The van der Waals surface area contributed by atoms with E-state index in [-0.39, 0.29) is 5.75 Å². The summed E-state index contributed by atoms with van der Waals surface area (Å²) in [6.07, 6.45) is 0. The highest BCUT2D eigenvalue weighted by Gasteiger charge is 2.71. The van der Waals surface area contributed by atoms with E-state index in [0.29, 0.717) is 17.0 Å². The van der Waals surface area contributed by atoms with Gasteiger partial charge >= 0.3 is 15.7 Å². The van der Waals surface area contributed by atoms with Crippen LogP contribution in [0.1, 0.15) is 25.0 Å². The maximum absolute atomic E-state index is 12.4. The van der Waals surface area contributed by atoms with Crippen molar-refractivity contribution < 1.29 is 37.0 Å². The Bertz CT molecular complexity index is 1130. The molecule has 0 radical (unpaired) electrons. The second kappa shape index (κ2) is 6.81. The standard InChI is InChI=1S/C21H25NO8S/c1-13-10-11-15-17(12-13)29-18(31(24,25)26)22(15)21(28-5)14-8-6-7-9-16(14)30-20(3,27-4)19(21,2)23/h6-12,18,23H,1-5H3,(H,24,25,26). The zero-order valence-electron chi connectivity index (χ0n) is 17.8. The number of nitrogens with zero attached hydrogens (tertiary/aromatic N) is 1. The molecular formula is C21H25NO8S. The van der Waals surface area contributed by atoms with E-state index < -0.39 is 32.8 Å². The molecule has 2 heterocycles. The molecule has 2 N–H and O–H groups in total. The van der Waals surface area contributed by atoms with Crippen molar-refractivity contribution in [2.24, 2.45) is 0 Å². The summed E-state index contributed by atoms with van der Waals surface area (Å²) >= 11 is 0. The van der Waals surface area contributed by atoms with E-state index in [9.17, 15) is 18.1 Å². The maximum Gasteiger partial charge on any atom is 0.324 e. The summed E-state index contributed by atoms with van der Waals surface area (Å²) < 4.78 is 58.2. The quantitative estimate of drug-likeness (QED) is 0.676. The molecule has 31 heavy (non-hydrogen) atoms. The molecule has 9 nitrogen and oxygen atoms in total. The van der Waals surface area contributed by atoms with Crippen molar-refractivity contribution in [2.75, 3.05) is 19.1 Å². The molecule has 4 atom stereocenters. The van der Waals surface area contributed by atoms with E-state index >= 15 is 0 Å². The number of benzene rings is 2. The monoisotopic (exact) mass is 451 g/mol. The molecule has 2 aromatic carbocycles. The lowest BCUT2D eigenvalue weighted by atomic mass is 9.75. The lowest BCUT2D eigenvalue weighted by molar-refractivity contribution is -0.332. The topological polar surface area (TPSA) is 115 Å². The molecule has 0 amide bonds. The van der Waals surface area contributed by atoms with E-state index in [4.69, 9.17) is 18.9 Å². The van der Waals surface area contributed by atoms with E-state index in [1.165, 1.54) is 33.0 Å². The third kappa shape index (κ3) is 2.79. The van der Waals surface area contributed by atoms with E-state index in [2.05, 4.69) is 0 Å². The Kier molecular flexibility index (Phi) is 4.80. The first kappa shape index (κ1) is 21.8. The predicted octanol–water partition coefficient (Wildman–Crippen LogP) is 2.37. The summed E-state index contributed by atoms with van der Waals surface area (Å²) in [5.41, 5.74) is -4.32. The highest BCUT2D eigenvalue weighted by molar-refractivity contribution is 7.86. The van der Waals surface area contributed by atoms with Crippen LogP contribution in [0.4, 0.5) is 5.69 Å². The number of aryl methyl sites for hydroxylation is 1. The van der Waals surface area contributed by atoms with Crippen LogP contribution in [0.15, 0.2) is 42.5 Å². The SMILES string of the molecule is COC1(C)Oc2ccccc2C(OC)(N2c3ccc(C)cc3OC2S(=O)(=O)O)C1(C)O. The minimum atomic E-state index is -4.80. The van der Waals surface area contributed by atoms with Crippen LogP contribution in [0.2, 0.25) is 0 Å². The number of hydrogen-bond acceptors (Lipinski definition) is 8. The maximum atomic E-state index is 12.4. The molecule has 0 spiro atoms. The smallest absolute Gasteiger partial charge is 0.324 e. The number of aliphatic hydroxyl groups is 1. The van der Waals surface area contributed by atoms with Gasteiger partial charge in [0.2, 0.25) is 11.5 Å². The first-order chi connectivity index (χ1) is 14.4. The molecule has 4 rings (SSSR count). The number of hydrogen-bond donors (Lipinski definition) is 2. The van der Waals surface area contributed by atoms with E-state index in [1.54, 1.807) is 42.5 Å². The second-order valence-corrected chi connectivity index (χ2v) is 9.38. The van der Waals surface area contributed by atoms with Crippen molar-refractivity contribution in [3.05, 3.63) is 53.6 Å². The molecule has 4 unspecified atom stereocenters. The van der Waals surface area contributed by atoms with Gasteiger partial charge in [-0.2, -0.15) is 8.42 Å². The summed E-state index contributed by atoms with van der Waals surface area (Å²) in [5.74, 6) is -1.12. The summed E-state index contributed by atoms with van der Waals surface area (Å²) in [5, 5.41) is 11.9. The Labute approximate surface area is 180 Å². The third-order valence-electron chi connectivity index (χ3n) is 6.19. The predicted molar refractivity (Wildman–Crippen MR) is 111 cm³/mol. The number of fused-ring (bicyclic) bond motifs is 2. The van der Waals surface area contributed by atoms with Crippen molar-refractivity contribution >= 4 is 15.8 Å². The molecule has 2 aliphatic rings. The highest BCUT2D eigenvalue weighted by atomic mass is 32.2. The van der Waals surface area contributed by atoms with Gasteiger partial charge in [-0.1, -0.05) is 24.3 Å². The fourth-order valence-corrected chi connectivity index (χ4v) is 5.18. The first-order valence-electron chi connectivity index (χ1n) is 9.57. The van der Waals surface area contributed by atoms with Gasteiger partial charge in [0.05, 0.1) is 5.69 Å². The van der Waals surface area contributed by atoms with Crippen LogP contribution in [-0.4, -0.2) is 49.2 Å². The third-order valence-corrected chi connectivity index (χ3v) is 7.01. The zero-order chi connectivity index (χ0) is 22.8. The highest BCUT2D eigenvalue weighted by Crippen LogP contribution is 2.58. The number of rotatable bonds is 4. The van der Waals surface area contributed by atoms with Gasteiger partial charge in [0.25, 0.3) is 0 Å². The second-order valence-electron chi connectivity index (χ2n) is 7.95. The Morgan fingerprint density at radius 1 is 1.06 bits per heavy atom. The van der Waals surface area contributed by atoms with Crippen LogP contribution >= 0.6 is 0 Å². The molecule has 0 aliphatic carbocycles. The number of ether oxygens (including phenoxy) is 4. The lowest BCUT2D eigenvalue weighted by Crippen LogP contribution is -2.76. The van der Waals surface area contributed by atoms with Crippen molar-refractivity contribution in [1.29, 1.82) is 0 Å². The minimum absolute atomic E-state index is 0.220. The average Bonchev–Trinajstić information content (AvgIpc) is 3.08. The Balaban J connectivity index is 2.11. The van der Waals surface area contributed by atoms with Crippen LogP contribution in [0, 0.1) is 6.92 Å². The van der Waals surface area contributed by atoms with Crippen LogP contribution in [0.5, 0.6) is 11.5 Å². The van der Waals surface area contributed by atoms with Gasteiger partial charge < -0.3 is 24.1 Å².